The first kappa shape index (κ1) is 25.6. The predicted molar refractivity (Wildman–Crippen MR) is 152 cm³/mol. The van der Waals surface area contributed by atoms with Gasteiger partial charge in [-0.3, -0.25) is 4.79 Å². The third-order valence-electron chi connectivity index (χ3n) is 5.71. The lowest BCUT2D eigenvalue weighted by atomic mass is 10.1. The number of halogens is 1. The maximum atomic E-state index is 15.4. The quantitative estimate of drug-likeness (QED) is 0.242. The number of hydrogen-bond donors (Lipinski definition) is 1. The Labute approximate surface area is 227 Å². The van der Waals surface area contributed by atoms with Crippen molar-refractivity contribution < 1.29 is 18.7 Å². The minimum absolute atomic E-state index is 0.0236. The molecular formula is C28H25FN2O3S3. The Morgan fingerprint density at radius 2 is 1.84 bits per heavy atom. The molecule has 37 heavy (non-hydrogen) atoms. The van der Waals surface area contributed by atoms with Gasteiger partial charge in [0.05, 0.1) is 16.6 Å². The van der Waals surface area contributed by atoms with E-state index in [1.807, 2.05) is 60.7 Å². The number of hydrogen-bond acceptors (Lipinski definition) is 7. The monoisotopic (exact) mass is 552 g/mol. The van der Waals surface area contributed by atoms with Crippen LogP contribution >= 0.6 is 34.9 Å². The van der Waals surface area contributed by atoms with E-state index < -0.39 is 5.82 Å². The summed E-state index contributed by atoms with van der Waals surface area (Å²) in [6.07, 6.45) is 2.80. The number of nitrogens with zero attached hydrogens (tertiary/aromatic N) is 1. The number of ether oxygens (including phenoxy) is 2. The Bertz CT molecular complexity index is 1360. The van der Waals surface area contributed by atoms with Crippen molar-refractivity contribution in [2.24, 2.45) is 0 Å². The Hall–Kier alpha value is -3.01. The highest BCUT2D eigenvalue weighted by molar-refractivity contribution is 8.16. The number of thiazole rings is 1. The third kappa shape index (κ3) is 6.29. The van der Waals surface area contributed by atoms with E-state index in [0.29, 0.717) is 10.7 Å². The van der Waals surface area contributed by atoms with E-state index in [9.17, 15) is 4.79 Å². The molecule has 1 aliphatic heterocycles. The molecule has 0 radical (unpaired) electrons. The lowest BCUT2D eigenvalue weighted by Crippen LogP contribution is -2.13. The van der Waals surface area contributed by atoms with Gasteiger partial charge in [-0.05, 0) is 47.3 Å². The molecule has 1 aromatic heterocycles. The topological polar surface area (TPSA) is 60.5 Å². The third-order valence-corrected chi connectivity index (χ3v) is 9.74. The van der Waals surface area contributed by atoms with E-state index in [4.69, 9.17) is 9.47 Å². The maximum absolute atomic E-state index is 15.4. The minimum atomic E-state index is -0.503. The number of carbonyl (C=O) groups is 1. The van der Waals surface area contributed by atoms with Gasteiger partial charge in [0.25, 0.3) is 5.91 Å². The number of thioether (sulfide) groups is 2. The molecule has 1 N–H and O–H groups in total. The van der Waals surface area contributed by atoms with Crippen LogP contribution in [0.15, 0.2) is 72.9 Å². The van der Waals surface area contributed by atoms with Crippen LogP contribution in [-0.2, 0) is 6.61 Å². The molecule has 0 saturated carbocycles. The number of carbonyl (C=O) groups excluding carboxylic acids is 1. The zero-order chi connectivity index (χ0) is 25.6. The highest BCUT2D eigenvalue weighted by Crippen LogP contribution is 2.48. The highest BCUT2D eigenvalue weighted by Gasteiger charge is 2.25. The van der Waals surface area contributed by atoms with Crippen LogP contribution in [-0.4, -0.2) is 29.5 Å². The molecule has 0 atom stereocenters. The van der Waals surface area contributed by atoms with E-state index in [0.717, 1.165) is 45.2 Å². The van der Waals surface area contributed by atoms with Crippen LogP contribution in [0.4, 0.5) is 10.1 Å². The van der Waals surface area contributed by atoms with Gasteiger partial charge in [0, 0.05) is 23.5 Å². The number of rotatable bonds is 8. The van der Waals surface area contributed by atoms with Crippen molar-refractivity contribution in [2.45, 2.75) is 17.6 Å². The highest BCUT2D eigenvalue weighted by atomic mass is 32.2. The second-order valence-electron chi connectivity index (χ2n) is 8.29. The van der Waals surface area contributed by atoms with Crippen molar-refractivity contribution in [2.75, 3.05) is 23.9 Å². The molecule has 2 heterocycles. The molecule has 3 aromatic carbocycles. The lowest BCUT2D eigenvalue weighted by molar-refractivity contribution is 0.102. The van der Waals surface area contributed by atoms with Crippen LogP contribution in [0.5, 0.6) is 11.5 Å². The molecule has 1 amide bonds. The molecule has 1 fully saturated rings. The van der Waals surface area contributed by atoms with Gasteiger partial charge in [-0.25, -0.2) is 9.37 Å². The van der Waals surface area contributed by atoms with E-state index in [2.05, 4.69) is 10.3 Å². The number of methoxy groups -OCH3 is 1. The fourth-order valence-corrected chi connectivity index (χ4v) is 7.58. The van der Waals surface area contributed by atoms with Gasteiger partial charge in [0.15, 0.2) is 16.6 Å². The zero-order valence-electron chi connectivity index (χ0n) is 20.1. The Kier molecular flexibility index (Phi) is 8.33. The summed E-state index contributed by atoms with van der Waals surface area (Å²) in [6, 6.07) is 20.4. The molecule has 190 valence electrons. The van der Waals surface area contributed by atoms with E-state index in [-0.39, 0.29) is 22.8 Å². The maximum Gasteiger partial charge on any atom is 0.284 e. The number of benzene rings is 3. The second kappa shape index (κ2) is 12.0. The standard InChI is InChI=1S/C28H25FN2O3S3/c1-33-21-10-8-18(9-11-21)17-34-25-22(28-35-12-5-13-36-28)14-20(15-23(25)29)31-26(32)27-30-16-24(37-27)19-6-3-2-4-7-19/h2-4,6-11,14-16,28H,5,12-13,17H2,1H3,(H,31,32). The fourth-order valence-electron chi connectivity index (χ4n) is 3.86. The number of nitrogens with one attached hydrogen (secondary N) is 1. The number of aromatic nitrogens is 1. The van der Waals surface area contributed by atoms with Crippen molar-refractivity contribution in [3.05, 3.63) is 94.9 Å². The van der Waals surface area contributed by atoms with Crippen molar-refractivity contribution in [3.8, 4) is 21.9 Å². The van der Waals surface area contributed by atoms with Gasteiger partial charge in [0.1, 0.15) is 12.4 Å². The van der Waals surface area contributed by atoms with Crippen LogP contribution in [0.2, 0.25) is 0 Å². The van der Waals surface area contributed by atoms with Crippen molar-refractivity contribution in [1.29, 1.82) is 0 Å². The van der Waals surface area contributed by atoms with Gasteiger partial charge in [-0.1, -0.05) is 42.5 Å². The van der Waals surface area contributed by atoms with E-state index >= 15 is 4.39 Å². The van der Waals surface area contributed by atoms with Gasteiger partial charge >= 0.3 is 0 Å². The molecular weight excluding hydrogens is 528 g/mol. The summed E-state index contributed by atoms with van der Waals surface area (Å²) in [7, 11) is 1.61. The molecule has 0 spiro atoms. The number of anilines is 1. The van der Waals surface area contributed by atoms with Crippen LogP contribution in [0.1, 0.15) is 31.9 Å². The summed E-state index contributed by atoms with van der Waals surface area (Å²) in [4.78, 5) is 18.2. The van der Waals surface area contributed by atoms with Gasteiger partial charge in [0.2, 0.25) is 0 Å². The summed E-state index contributed by atoms with van der Waals surface area (Å²) in [5, 5.41) is 3.16. The van der Waals surface area contributed by atoms with E-state index in [1.165, 1.54) is 17.4 Å². The Morgan fingerprint density at radius 1 is 1.08 bits per heavy atom. The molecule has 4 aromatic rings. The second-order valence-corrected chi connectivity index (χ2v) is 12.0. The average Bonchev–Trinajstić information content (AvgIpc) is 3.44. The molecule has 1 aliphatic rings. The summed E-state index contributed by atoms with van der Waals surface area (Å²) in [5.41, 5.74) is 3.03. The van der Waals surface area contributed by atoms with Gasteiger partial charge < -0.3 is 14.8 Å². The van der Waals surface area contributed by atoms with Crippen LogP contribution in [0.25, 0.3) is 10.4 Å². The molecule has 9 heteroatoms. The van der Waals surface area contributed by atoms with Crippen LogP contribution in [0, 0.1) is 5.82 Å². The smallest absolute Gasteiger partial charge is 0.284 e. The normalized spacial score (nSPS) is 13.8. The van der Waals surface area contributed by atoms with Crippen LogP contribution < -0.4 is 14.8 Å². The van der Waals surface area contributed by atoms with Crippen molar-refractivity contribution in [3.63, 3.8) is 0 Å². The molecule has 0 unspecified atom stereocenters. The summed E-state index contributed by atoms with van der Waals surface area (Å²) in [5.74, 6) is 2.10. The first-order valence-electron chi connectivity index (χ1n) is 11.8. The minimum Gasteiger partial charge on any atom is -0.497 e. The van der Waals surface area contributed by atoms with Crippen LogP contribution in [0.3, 0.4) is 0 Å². The lowest BCUT2D eigenvalue weighted by Gasteiger charge is -2.24. The summed E-state index contributed by atoms with van der Waals surface area (Å²) >= 11 is 4.84. The molecule has 5 nitrogen and oxygen atoms in total. The number of amides is 1. The fraction of sp³-hybridized carbons (Fsp3) is 0.214. The van der Waals surface area contributed by atoms with E-state index in [1.54, 1.807) is 36.8 Å². The van der Waals surface area contributed by atoms with Gasteiger partial charge in [-0.2, -0.15) is 0 Å². The Morgan fingerprint density at radius 3 is 2.57 bits per heavy atom. The molecule has 0 bridgehead atoms. The first-order chi connectivity index (χ1) is 18.1. The largest absolute Gasteiger partial charge is 0.497 e. The van der Waals surface area contributed by atoms with Gasteiger partial charge in [-0.15, -0.1) is 34.9 Å². The first-order valence-corrected chi connectivity index (χ1v) is 14.7. The van der Waals surface area contributed by atoms with Crippen molar-refractivity contribution >= 4 is 46.5 Å². The zero-order valence-corrected chi connectivity index (χ0v) is 22.6. The predicted octanol–water partition coefficient (Wildman–Crippen LogP) is 7.66. The van der Waals surface area contributed by atoms with Crippen molar-refractivity contribution in [1.82, 2.24) is 4.98 Å². The average molecular weight is 553 g/mol. The summed E-state index contributed by atoms with van der Waals surface area (Å²) in [6.45, 7) is 0.225. The SMILES string of the molecule is COc1ccc(COc2c(F)cc(NC(=O)c3ncc(-c4ccccc4)s3)cc2C2SCCCS2)cc1. The molecule has 5 rings (SSSR count). The molecule has 1 saturated heterocycles. The Balaban J connectivity index is 1.37. The summed E-state index contributed by atoms with van der Waals surface area (Å²) < 4.78 is 26.7. The molecule has 0 aliphatic carbocycles.